The van der Waals surface area contributed by atoms with E-state index >= 15 is 0 Å². The highest BCUT2D eigenvalue weighted by molar-refractivity contribution is 6.10. The Morgan fingerprint density at radius 2 is 1.19 bits per heavy atom. The first-order chi connectivity index (χ1) is 29.7. The summed E-state index contributed by atoms with van der Waals surface area (Å²) in [6, 6.07) is 7.26. The number of ether oxygens (including phenoxy) is 5. The summed E-state index contributed by atoms with van der Waals surface area (Å²) in [5.41, 5.74) is 7.70. The molecule has 0 aromatic heterocycles. The van der Waals surface area contributed by atoms with Crippen LogP contribution in [0.25, 0.3) is 0 Å². The molecule has 8 rings (SSSR count). The highest BCUT2D eigenvalue weighted by Gasteiger charge is 2.46. The zero-order valence-corrected chi connectivity index (χ0v) is 38.1. The lowest BCUT2D eigenvalue weighted by atomic mass is 9.81. The Morgan fingerprint density at radius 1 is 0.781 bits per heavy atom. The van der Waals surface area contributed by atoms with Gasteiger partial charge < -0.3 is 43.5 Å². The van der Waals surface area contributed by atoms with E-state index in [1.807, 2.05) is 69.5 Å². The predicted octanol–water partition coefficient (Wildman–Crippen LogP) is 7.02. The van der Waals surface area contributed by atoms with Gasteiger partial charge in [-0.1, -0.05) is 27.7 Å². The topological polar surface area (TPSA) is 193 Å². The van der Waals surface area contributed by atoms with E-state index in [9.17, 15) is 27.6 Å². The number of fused-ring (bicyclic) bond motifs is 6. The van der Waals surface area contributed by atoms with Crippen LogP contribution < -0.4 is 39.6 Å². The molecule has 3 amide bonds. The molecule has 6 aliphatic rings. The number of amidine groups is 2. The zero-order valence-electron chi connectivity index (χ0n) is 38.1. The number of carboxylic acids is 1. The number of hydrogen-bond donors (Lipinski definition) is 3. The van der Waals surface area contributed by atoms with E-state index < -0.39 is 29.4 Å². The summed E-state index contributed by atoms with van der Waals surface area (Å²) in [5.74, 6) is 1.95. The summed E-state index contributed by atoms with van der Waals surface area (Å²) < 4.78 is 61.9. The summed E-state index contributed by atoms with van der Waals surface area (Å²) in [4.78, 5) is 51.0. The van der Waals surface area contributed by atoms with Crippen molar-refractivity contribution in [3.05, 3.63) is 35.4 Å². The Morgan fingerprint density at radius 3 is 1.53 bits per heavy atom. The maximum Gasteiger partial charge on any atom is 0.490 e. The van der Waals surface area contributed by atoms with Crippen LogP contribution in [0.4, 0.5) is 29.3 Å². The third-order valence-corrected chi connectivity index (χ3v) is 11.4. The normalized spacial score (nSPS) is 21.3. The molecule has 1 saturated heterocycles. The molecule has 5 heterocycles. The summed E-state index contributed by atoms with van der Waals surface area (Å²) in [6.07, 6.45) is -2.06. The lowest BCUT2D eigenvalue weighted by Crippen LogP contribution is -2.65. The number of likely N-dealkylation sites (tertiary alicyclic amines) is 1. The third kappa shape index (κ3) is 10.2. The fourth-order valence-corrected chi connectivity index (χ4v) is 7.80. The van der Waals surface area contributed by atoms with Gasteiger partial charge in [-0.05, 0) is 91.7 Å². The average molecular weight is 902 g/mol. The second kappa shape index (κ2) is 17.6. The van der Waals surface area contributed by atoms with Crippen molar-refractivity contribution in [2.24, 2.45) is 10.2 Å². The fraction of sp³-hybridized carbons (Fsp3) is 0.591. The summed E-state index contributed by atoms with van der Waals surface area (Å²) >= 11 is 0. The van der Waals surface area contributed by atoms with E-state index in [4.69, 9.17) is 33.6 Å². The Labute approximate surface area is 370 Å². The summed E-state index contributed by atoms with van der Waals surface area (Å²) in [5, 5.41) is 15.4. The minimum Gasteiger partial charge on any atom is -0.487 e. The number of nitrogens with one attached hydrogen (secondary N) is 2. The molecule has 1 aliphatic carbocycles. The van der Waals surface area contributed by atoms with Crippen molar-refractivity contribution in [2.75, 3.05) is 36.1 Å². The molecule has 2 aromatic rings. The quantitative estimate of drug-likeness (QED) is 0.269. The lowest BCUT2D eigenvalue weighted by Gasteiger charge is -2.48. The predicted molar refractivity (Wildman–Crippen MR) is 231 cm³/mol. The molecule has 17 nitrogen and oxygen atoms in total. The van der Waals surface area contributed by atoms with Crippen molar-refractivity contribution in [2.45, 2.75) is 142 Å². The summed E-state index contributed by atoms with van der Waals surface area (Å²) in [7, 11) is 0. The van der Waals surface area contributed by atoms with Crippen molar-refractivity contribution in [3.63, 3.8) is 0 Å². The van der Waals surface area contributed by atoms with E-state index in [0.717, 1.165) is 52.7 Å². The van der Waals surface area contributed by atoms with Crippen LogP contribution in [-0.4, -0.2) is 107 Å². The number of anilines is 2. The number of halogens is 3. The third-order valence-electron chi connectivity index (χ3n) is 11.4. The van der Waals surface area contributed by atoms with E-state index in [1.54, 1.807) is 4.90 Å². The van der Waals surface area contributed by atoms with E-state index in [-0.39, 0.29) is 42.1 Å². The van der Waals surface area contributed by atoms with E-state index in [2.05, 4.69) is 61.7 Å². The van der Waals surface area contributed by atoms with Gasteiger partial charge in [0.15, 0.2) is 11.7 Å². The van der Waals surface area contributed by atoms with Gasteiger partial charge in [0.05, 0.1) is 24.5 Å². The number of carboxylic acid groups (broad SMARTS) is 1. The van der Waals surface area contributed by atoms with Crippen LogP contribution in [0.15, 0.2) is 34.5 Å². The van der Waals surface area contributed by atoms with Crippen LogP contribution in [0.2, 0.25) is 0 Å². The van der Waals surface area contributed by atoms with Gasteiger partial charge in [0.1, 0.15) is 65.1 Å². The number of aliphatic carboxylic acids is 1. The number of hydrazone groups is 2. The van der Waals surface area contributed by atoms with E-state index in [0.29, 0.717) is 42.9 Å². The minimum absolute atomic E-state index is 0.0881. The molecule has 1 saturated carbocycles. The number of nitrogens with zero attached hydrogens (tertiary/aromatic N) is 5. The molecule has 20 heteroatoms. The second-order valence-corrected chi connectivity index (χ2v) is 18.8. The molecule has 2 aromatic carbocycles. The van der Waals surface area contributed by atoms with Gasteiger partial charge in [-0.25, -0.2) is 20.4 Å². The Hall–Kier alpha value is -5.95. The number of carbonyl (C=O) groups excluding carboxylic acids is 3. The van der Waals surface area contributed by atoms with Gasteiger partial charge in [0.2, 0.25) is 0 Å². The molecule has 0 radical (unpaired) electrons. The lowest BCUT2D eigenvalue weighted by molar-refractivity contribution is -0.192. The van der Waals surface area contributed by atoms with Crippen molar-refractivity contribution >= 4 is 46.9 Å². The minimum atomic E-state index is -5.08. The molecule has 2 fully saturated rings. The largest absolute Gasteiger partial charge is 0.490 e. The maximum atomic E-state index is 12.3. The molecule has 5 aliphatic heterocycles. The standard InChI is InChI=1S/C23H32N4O5.C19H25N3O3.C2HF3O2/c1-13(2)15-8-18-16(27-14(3)20(28)25-24-19(27)10-30-18)9-17(15)31-23(7)11-26(12-23)21(29)32-22(4,5)6;1-11(2)13-8-16-14(9-15(13)25-19(4)6-5-7-19)22-12(3)18(23)21-20-17(22)10-24-16;3-2(4,5)1(6)7/h8-9,13-14H,10-12H2,1-7H3,(H,25,28);8-9,11-12H,5-7,10H2,1-4H3,(H,21,23);(H,6,7)/t14-;12-;/m11./s1. The molecule has 0 spiro atoms. The SMILES string of the molecule is CC(C)c1cc2c(cc1OC1(C)CCC1)N1C(=NNC(=O)[C@H]1C)CO2.CC(C)c1cc2c(cc1OC1(C)CN(C(=O)OC(C)(C)C)C1)N1C(=NNC(=O)[C@H]1C)CO2.O=C(O)C(F)(F)F. The van der Waals surface area contributed by atoms with Crippen molar-refractivity contribution in [1.82, 2.24) is 15.8 Å². The zero-order chi connectivity index (χ0) is 47.3. The molecule has 64 heavy (non-hydrogen) atoms. The maximum absolute atomic E-state index is 12.3. The van der Waals surface area contributed by atoms with Crippen LogP contribution >= 0.6 is 0 Å². The monoisotopic (exact) mass is 901 g/mol. The van der Waals surface area contributed by atoms with Gasteiger partial charge in [-0.3, -0.25) is 9.59 Å². The van der Waals surface area contributed by atoms with Crippen molar-refractivity contribution in [1.29, 1.82) is 0 Å². The smallest absolute Gasteiger partial charge is 0.487 e. The van der Waals surface area contributed by atoms with Gasteiger partial charge in [0.25, 0.3) is 11.8 Å². The first-order valence-corrected chi connectivity index (χ1v) is 21.3. The summed E-state index contributed by atoms with van der Waals surface area (Å²) in [6.45, 7) is 23.4. The van der Waals surface area contributed by atoms with E-state index in [1.165, 1.54) is 6.42 Å². The number of benzene rings is 2. The van der Waals surface area contributed by atoms with Gasteiger partial charge in [-0.2, -0.15) is 23.4 Å². The van der Waals surface area contributed by atoms with Gasteiger partial charge in [0, 0.05) is 23.3 Å². The molecule has 0 bridgehead atoms. The average Bonchev–Trinajstić information content (AvgIpc) is 3.17. The highest BCUT2D eigenvalue weighted by Crippen LogP contribution is 2.46. The number of amides is 3. The highest BCUT2D eigenvalue weighted by atomic mass is 19.4. The Kier molecular flexibility index (Phi) is 13.0. The van der Waals surface area contributed by atoms with Gasteiger partial charge in [-0.15, -0.1) is 0 Å². The van der Waals surface area contributed by atoms with Crippen LogP contribution in [-0.2, 0) is 19.1 Å². The first-order valence-electron chi connectivity index (χ1n) is 21.3. The Balaban J connectivity index is 0.000000189. The number of rotatable bonds is 6. The van der Waals surface area contributed by atoms with Gasteiger partial charge >= 0.3 is 18.2 Å². The molecule has 0 unspecified atom stereocenters. The van der Waals surface area contributed by atoms with Crippen LogP contribution in [0.5, 0.6) is 23.0 Å². The molecular weight excluding hydrogens is 844 g/mol. The molecule has 350 valence electrons. The first kappa shape index (κ1) is 47.5. The van der Waals surface area contributed by atoms with Crippen molar-refractivity contribution < 1.29 is 61.1 Å². The number of hydrogen-bond acceptors (Lipinski definition) is 13. The van der Waals surface area contributed by atoms with Crippen LogP contribution in [0.1, 0.15) is 118 Å². The number of alkyl halides is 3. The van der Waals surface area contributed by atoms with Crippen molar-refractivity contribution in [3.8, 4) is 23.0 Å². The number of carbonyl (C=O) groups is 4. The molecular formula is C44H58F3N7O10. The second-order valence-electron chi connectivity index (χ2n) is 18.8. The fourth-order valence-electron chi connectivity index (χ4n) is 7.80. The molecule has 3 N–H and O–H groups in total. The van der Waals surface area contributed by atoms with Crippen LogP contribution in [0, 0.1) is 0 Å². The molecule has 2 atom stereocenters. The van der Waals surface area contributed by atoms with Crippen LogP contribution in [0.3, 0.4) is 0 Å². The Bertz CT molecular complexity index is 2230.